The highest BCUT2D eigenvalue weighted by Crippen LogP contribution is 2.31. The van der Waals surface area contributed by atoms with Crippen molar-refractivity contribution in [2.75, 3.05) is 32.1 Å². The van der Waals surface area contributed by atoms with Crippen LogP contribution in [0, 0.1) is 0 Å². The Hall–Kier alpha value is -2.84. The predicted octanol–water partition coefficient (Wildman–Crippen LogP) is 4.00. The minimum absolute atomic E-state index is 0.0205. The van der Waals surface area contributed by atoms with Gasteiger partial charge in [-0.1, -0.05) is 36.4 Å². The Bertz CT molecular complexity index is 1080. The molecule has 1 saturated heterocycles. The van der Waals surface area contributed by atoms with Crippen molar-refractivity contribution >= 4 is 17.5 Å². The number of thioether (sulfide) groups is 1. The summed E-state index contributed by atoms with van der Waals surface area (Å²) in [5.74, 6) is 2.52. The van der Waals surface area contributed by atoms with Crippen molar-refractivity contribution in [1.82, 2.24) is 19.7 Å². The quantitative estimate of drug-likeness (QED) is 0.398. The molecule has 7 nitrogen and oxygen atoms in total. The summed E-state index contributed by atoms with van der Waals surface area (Å²) < 4.78 is 13.2. The summed E-state index contributed by atoms with van der Waals surface area (Å²) in [5.41, 5.74) is 1.62. The fourth-order valence-corrected chi connectivity index (χ4v) is 4.95. The average molecular weight is 451 g/mol. The highest BCUT2D eigenvalue weighted by molar-refractivity contribution is 7.99. The number of aromatic nitrogens is 3. The van der Waals surface area contributed by atoms with Gasteiger partial charge in [0, 0.05) is 11.3 Å². The van der Waals surface area contributed by atoms with E-state index >= 15 is 0 Å². The molecule has 1 fully saturated rings. The number of nitrogens with zero attached hydrogens (tertiary/aromatic N) is 4. The molecule has 0 saturated carbocycles. The zero-order chi connectivity index (χ0) is 21.8. The molecule has 1 aromatic heterocycles. The highest BCUT2D eigenvalue weighted by Gasteiger charge is 2.20. The molecule has 0 aliphatic carbocycles. The van der Waals surface area contributed by atoms with Gasteiger partial charge in [0.2, 0.25) is 0 Å². The third kappa shape index (κ3) is 4.66. The van der Waals surface area contributed by atoms with E-state index in [-0.39, 0.29) is 11.5 Å². The van der Waals surface area contributed by atoms with Crippen LogP contribution in [-0.2, 0) is 6.54 Å². The Morgan fingerprint density at radius 3 is 2.53 bits per heavy atom. The van der Waals surface area contributed by atoms with E-state index in [1.54, 1.807) is 18.2 Å². The van der Waals surface area contributed by atoms with Gasteiger partial charge in [-0.15, -0.1) is 10.2 Å². The molecule has 3 aromatic rings. The number of likely N-dealkylation sites (tertiary alicyclic amines) is 1. The summed E-state index contributed by atoms with van der Waals surface area (Å²) in [7, 11) is 0. The van der Waals surface area contributed by atoms with Gasteiger partial charge in [-0.3, -0.25) is 14.3 Å². The van der Waals surface area contributed by atoms with Crippen LogP contribution in [0.15, 0.2) is 53.7 Å². The molecular weight excluding hydrogens is 424 g/mol. The molecule has 2 aliphatic heterocycles. The topological polar surface area (TPSA) is 69.5 Å². The molecule has 166 valence electrons. The van der Waals surface area contributed by atoms with Crippen LogP contribution in [0.25, 0.3) is 5.69 Å². The highest BCUT2D eigenvalue weighted by atomic mass is 32.2. The second-order valence-corrected chi connectivity index (χ2v) is 8.92. The number of fused-ring (bicyclic) bond motifs is 1. The monoisotopic (exact) mass is 450 g/mol. The summed E-state index contributed by atoms with van der Waals surface area (Å²) in [6.45, 7) is 3.97. The van der Waals surface area contributed by atoms with Crippen LogP contribution >= 0.6 is 11.8 Å². The second-order valence-electron chi connectivity index (χ2n) is 7.98. The van der Waals surface area contributed by atoms with E-state index in [0.29, 0.717) is 30.3 Å². The van der Waals surface area contributed by atoms with Gasteiger partial charge in [0.25, 0.3) is 0 Å². The van der Waals surface area contributed by atoms with E-state index < -0.39 is 0 Å². The fraction of sp³-hybridized carbons (Fsp3) is 0.375. The van der Waals surface area contributed by atoms with Crippen LogP contribution in [0.2, 0.25) is 0 Å². The normalized spacial score (nSPS) is 16.1. The Kier molecular flexibility index (Phi) is 6.41. The van der Waals surface area contributed by atoms with Gasteiger partial charge < -0.3 is 9.47 Å². The van der Waals surface area contributed by atoms with Crippen molar-refractivity contribution in [2.45, 2.75) is 31.0 Å². The van der Waals surface area contributed by atoms with E-state index in [9.17, 15) is 4.79 Å². The smallest absolute Gasteiger partial charge is 0.196 e. The number of hydrogen-bond donors (Lipinski definition) is 0. The third-order valence-electron chi connectivity index (χ3n) is 5.72. The number of hydrogen-bond acceptors (Lipinski definition) is 7. The van der Waals surface area contributed by atoms with Gasteiger partial charge in [-0.05, 0) is 56.3 Å². The Morgan fingerprint density at radius 2 is 1.72 bits per heavy atom. The zero-order valence-corrected chi connectivity index (χ0v) is 18.7. The summed E-state index contributed by atoms with van der Waals surface area (Å²) in [6.07, 6.45) is 3.75. The number of carbonyl (C=O) groups is 1. The van der Waals surface area contributed by atoms with Crippen molar-refractivity contribution in [1.29, 1.82) is 0 Å². The molecule has 0 N–H and O–H groups in total. The Balaban J connectivity index is 1.34. The molecular formula is C24H26N4O3S. The average Bonchev–Trinajstić information content (AvgIpc) is 3.25. The lowest BCUT2D eigenvalue weighted by atomic mass is 10.1. The summed E-state index contributed by atoms with van der Waals surface area (Å²) in [5, 5.41) is 9.67. The van der Waals surface area contributed by atoms with Crippen LogP contribution in [0.5, 0.6) is 11.5 Å². The van der Waals surface area contributed by atoms with E-state index in [4.69, 9.17) is 9.47 Å². The first-order valence-corrected chi connectivity index (χ1v) is 12.0. The van der Waals surface area contributed by atoms with Gasteiger partial charge >= 0.3 is 0 Å². The lowest BCUT2D eigenvalue weighted by Crippen LogP contribution is -2.30. The van der Waals surface area contributed by atoms with Crippen LogP contribution in [0.1, 0.15) is 35.4 Å². The van der Waals surface area contributed by atoms with Gasteiger partial charge in [0.1, 0.15) is 13.2 Å². The first-order chi connectivity index (χ1) is 15.8. The minimum Gasteiger partial charge on any atom is -0.486 e. The summed E-state index contributed by atoms with van der Waals surface area (Å²) >= 11 is 1.41. The lowest BCUT2D eigenvalue weighted by Gasteiger charge is -2.26. The van der Waals surface area contributed by atoms with Gasteiger partial charge in [-0.2, -0.15) is 0 Å². The van der Waals surface area contributed by atoms with E-state index in [1.807, 2.05) is 18.2 Å². The zero-order valence-electron chi connectivity index (χ0n) is 17.9. The number of Topliss-reactive ketones (excluding diaryl/α,β-unsaturated/α-hetero) is 1. The molecule has 3 heterocycles. The first kappa shape index (κ1) is 21.0. The number of rotatable bonds is 7. The Morgan fingerprint density at radius 1 is 0.938 bits per heavy atom. The molecule has 0 spiro atoms. The number of benzene rings is 2. The van der Waals surface area contributed by atoms with Crippen LogP contribution in [-0.4, -0.2) is 57.5 Å². The summed E-state index contributed by atoms with van der Waals surface area (Å²) in [6, 6.07) is 15.5. The molecule has 0 radical (unpaired) electrons. The number of ketones is 1. The molecule has 0 atom stereocenters. The second kappa shape index (κ2) is 9.75. The van der Waals surface area contributed by atoms with Gasteiger partial charge in [0.05, 0.1) is 12.3 Å². The molecule has 8 heteroatoms. The van der Waals surface area contributed by atoms with Crippen molar-refractivity contribution in [2.24, 2.45) is 0 Å². The van der Waals surface area contributed by atoms with Gasteiger partial charge in [0.15, 0.2) is 28.3 Å². The molecule has 0 bridgehead atoms. The molecule has 32 heavy (non-hydrogen) atoms. The maximum absolute atomic E-state index is 12.9. The predicted molar refractivity (Wildman–Crippen MR) is 123 cm³/mol. The molecule has 0 amide bonds. The lowest BCUT2D eigenvalue weighted by molar-refractivity contribution is 0.102. The van der Waals surface area contributed by atoms with E-state index in [2.05, 4.69) is 31.8 Å². The number of para-hydroxylation sites is 1. The maximum atomic E-state index is 12.9. The SMILES string of the molecule is O=C(CSc1nnc(CN2CCCCC2)n1-c1ccccc1)c1ccc2c(c1)OCCO2. The van der Waals surface area contributed by atoms with Crippen molar-refractivity contribution in [3.8, 4) is 17.2 Å². The van der Waals surface area contributed by atoms with Crippen LogP contribution in [0.3, 0.4) is 0 Å². The molecule has 0 unspecified atom stereocenters. The largest absolute Gasteiger partial charge is 0.486 e. The first-order valence-electron chi connectivity index (χ1n) is 11.1. The van der Waals surface area contributed by atoms with Crippen LogP contribution < -0.4 is 9.47 Å². The molecule has 5 rings (SSSR count). The van der Waals surface area contributed by atoms with Crippen LogP contribution in [0.4, 0.5) is 0 Å². The van der Waals surface area contributed by atoms with Crippen molar-refractivity contribution < 1.29 is 14.3 Å². The van der Waals surface area contributed by atoms with Crippen molar-refractivity contribution in [3.05, 3.63) is 59.9 Å². The number of carbonyl (C=O) groups excluding carboxylic acids is 1. The number of ether oxygens (including phenoxy) is 2. The standard InChI is InChI=1S/C24H26N4O3S/c29-20(18-9-10-21-22(15-18)31-14-13-30-21)17-32-24-26-25-23(16-27-11-5-2-6-12-27)28(24)19-7-3-1-4-8-19/h1,3-4,7-10,15H,2,5-6,11-14,16-17H2. The fourth-order valence-electron chi connectivity index (χ4n) is 4.08. The van der Waals surface area contributed by atoms with Gasteiger partial charge in [-0.25, -0.2) is 0 Å². The summed E-state index contributed by atoms with van der Waals surface area (Å²) in [4.78, 5) is 15.3. The molecule has 2 aromatic carbocycles. The maximum Gasteiger partial charge on any atom is 0.196 e. The van der Waals surface area contributed by atoms with Crippen molar-refractivity contribution in [3.63, 3.8) is 0 Å². The third-order valence-corrected chi connectivity index (χ3v) is 6.65. The number of piperidine rings is 1. The molecule has 2 aliphatic rings. The van der Waals surface area contributed by atoms with E-state index in [1.165, 1.54) is 31.0 Å². The Labute approximate surface area is 191 Å². The minimum atomic E-state index is 0.0205. The van der Waals surface area contributed by atoms with E-state index in [0.717, 1.165) is 36.3 Å².